The number of alkyl halides is 1. The van der Waals surface area contributed by atoms with E-state index in [2.05, 4.69) is 31.9 Å². The highest BCUT2D eigenvalue weighted by molar-refractivity contribution is 9.09. The van der Waals surface area contributed by atoms with Crippen LogP contribution in [0.5, 0.6) is 0 Å². The second-order valence-corrected chi connectivity index (χ2v) is 7.75. The number of rotatable bonds is 10. The predicted octanol–water partition coefficient (Wildman–Crippen LogP) is 2.35. The van der Waals surface area contributed by atoms with E-state index in [-0.39, 0.29) is 24.8 Å². The fourth-order valence-electron chi connectivity index (χ4n) is 3.05. The lowest BCUT2D eigenvalue weighted by Gasteiger charge is -2.38. The first-order valence-corrected chi connectivity index (χ1v) is 11.0. The first-order valence-electron chi connectivity index (χ1n) is 9.88. The number of hydrogen-bond donors (Lipinski definition) is 3. The molecule has 3 N–H and O–H groups in total. The van der Waals surface area contributed by atoms with E-state index in [1.807, 2.05) is 60.7 Å². The molecule has 2 aromatic rings. The van der Waals surface area contributed by atoms with Gasteiger partial charge in [-0.15, -0.1) is 0 Å². The summed E-state index contributed by atoms with van der Waals surface area (Å²) in [6.07, 6.45) is -0.497. The van der Waals surface area contributed by atoms with Gasteiger partial charge in [-0.2, -0.15) is 0 Å². The van der Waals surface area contributed by atoms with Crippen LogP contribution in [-0.4, -0.2) is 48.8 Å². The zero-order valence-electron chi connectivity index (χ0n) is 16.6. The maximum Gasteiger partial charge on any atom is 0.408 e. The first-order chi connectivity index (χ1) is 14.7. The smallest absolute Gasteiger partial charge is 0.408 e. The molecular formula is C22H26BrN3O4. The Morgan fingerprint density at radius 1 is 1.07 bits per heavy atom. The minimum absolute atomic E-state index is 0.140. The van der Waals surface area contributed by atoms with Crippen molar-refractivity contribution >= 4 is 27.9 Å². The van der Waals surface area contributed by atoms with E-state index < -0.39 is 12.1 Å². The van der Waals surface area contributed by atoms with Crippen molar-refractivity contribution in [3.8, 4) is 0 Å². The topological polar surface area (TPSA) is 88.7 Å². The standard InChI is InChI=1S/C22H26BrN3O4/c23-11-12-29-21-19(14-24-21)25-20(27)18(13-16-7-3-1-4-8-16)26-22(28)30-15-17-9-5-2-6-10-17/h1-10,18-19,21,24H,11-15H2,(H,25,27)(H,26,28)/t18-,19-,21-/m0/s1. The van der Waals surface area contributed by atoms with Crippen LogP contribution in [0.2, 0.25) is 0 Å². The lowest BCUT2D eigenvalue weighted by atomic mass is 10.0. The number of hydrogen-bond acceptors (Lipinski definition) is 5. The first kappa shape index (κ1) is 22.3. The molecule has 2 amide bonds. The van der Waals surface area contributed by atoms with Crippen LogP contribution in [-0.2, 0) is 27.3 Å². The maximum atomic E-state index is 12.9. The molecule has 0 spiro atoms. The molecule has 0 aliphatic carbocycles. The zero-order chi connectivity index (χ0) is 21.2. The van der Waals surface area contributed by atoms with Gasteiger partial charge in [0.05, 0.1) is 12.6 Å². The maximum absolute atomic E-state index is 12.9. The molecule has 3 atom stereocenters. The molecule has 1 saturated heterocycles. The second-order valence-electron chi connectivity index (χ2n) is 6.95. The van der Waals surface area contributed by atoms with Crippen molar-refractivity contribution < 1.29 is 19.1 Å². The Morgan fingerprint density at radius 2 is 1.73 bits per heavy atom. The molecule has 160 valence electrons. The molecule has 0 saturated carbocycles. The van der Waals surface area contributed by atoms with Gasteiger partial charge in [-0.1, -0.05) is 76.6 Å². The Hall–Kier alpha value is -2.42. The fraction of sp³-hybridized carbons (Fsp3) is 0.364. The van der Waals surface area contributed by atoms with E-state index in [0.717, 1.165) is 16.5 Å². The van der Waals surface area contributed by atoms with Gasteiger partial charge in [0.1, 0.15) is 18.9 Å². The summed E-state index contributed by atoms with van der Waals surface area (Å²) >= 11 is 3.32. The monoisotopic (exact) mass is 475 g/mol. The average Bonchev–Trinajstić information content (AvgIpc) is 2.76. The molecule has 8 heteroatoms. The van der Waals surface area contributed by atoms with Crippen molar-refractivity contribution in [3.63, 3.8) is 0 Å². The summed E-state index contributed by atoms with van der Waals surface area (Å²) in [5.41, 5.74) is 1.82. The van der Waals surface area contributed by atoms with Crippen LogP contribution in [0.4, 0.5) is 4.79 Å². The normalized spacial score (nSPS) is 18.7. The van der Waals surface area contributed by atoms with Crippen LogP contribution < -0.4 is 16.0 Å². The summed E-state index contributed by atoms with van der Waals surface area (Å²) in [4.78, 5) is 25.2. The summed E-state index contributed by atoms with van der Waals surface area (Å²) in [6, 6.07) is 18.1. The zero-order valence-corrected chi connectivity index (χ0v) is 18.1. The molecule has 1 aliphatic heterocycles. The third kappa shape index (κ3) is 6.83. The van der Waals surface area contributed by atoms with Crippen molar-refractivity contribution in [2.45, 2.75) is 31.3 Å². The number of nitrogens with one attached hydrogen (secondary N) is 3. The quantitative estimate of drug-likeness (QED) is 0.459. The van der Waals surface area contributed by atoms with E-state index in [4.69, 9.17) is 9.47 Å². The minimum Gasteiger partial charge on any atom is -0.445 e. The lowest BCUT2D eigenvalue weighted by Crippen LogP contribution is -2.67. The third-order valence-electron chi connectivity index (χ3n) is 4.71. The van der Waals surface area contributed by atoms with E-state index in [9.17, 15) is 9.59 Å². The van der Waals surface area contributed by atoms with Crippen LogP contribution in [0.15, 0.2) is 60.7 Å². The highest BCUT2D eigenvalue weighted by Gasteiger charge is 2.34. The van der Waals surface area contributed by atoms with E-state index in [0.29, 0.717) is 19.6 Å². The van der Waals surface area contributed by atoms with Gasteiger partial charge in [-0.25, -0.2) is 4.79 Å². The average molecular weight is 476 g/mol. The summed E-state index contributed by atoms with van der Waals surface area (Å²) in [5.74, 6) is -0.269. The van der Waals surface area contributed by atoms with Gasteiger partial charge in [0.15, 0.2) is 0 Å². The van der Waals surface area contributed by atoms with Gasteiger partial charge < -0.3 is 20.1 Å². The van der Waals surface area contributed by atoms with Crippen molar-refractivity contribution in [1.29, 1.82) is 0 Å². The molecule has 2 aromatic carbocycles. The van der Waals surface area contributed by atoms with Gasteiger partial charge in [0, 0.05) is 18.3 Å². The largest absolute Gasteiger partial charge is 0.445 e. The van der Waals surface area contributed by atoms with Gasteiger partial charge in [-0.05, 0) is 11.1 Å². The van der Waals surface area contributed by atoms with Crippen LogP contribution >= 0.6 is 15.9 Å². The molecular weight excluding hydrogens is 450 g/mol. The molecule has 0 aromatic heterocycles. The van der Waals surface area contributed by atoms with Crippen LogP contribution in [0.3, 0.4) is 0 Å². The number of benzene rings is 2. The fourth-order valence-corrected chi connectivity index (χ4v) is 3.24. The van der Waals surface area contributed by atoms with E-state index in [1.165, 1.54) is 0 Å². The Balaban J connectivity index is 1.58. The Bertz CT molecular complexity index is 807. The SMILES string of the molecule is O=C(N[C@@H](Cc1ccccc1)C(=O)N[C@H]1CN[C@H]1OCCBr)OCc1ccccc1. The van der Waals surface area contributed by atoms with Crippen molar-refractivity contribution in [3.05, 3.63) is 71.8 Å². The third-order valence-corrected chi connectivity index (χ3v) is 5.03. The van der Waals surface area contributed by atoms with Crippen molar-refractivity contribution in [2.24, 2.45) is 0 Å². The second kappa shape index (κ2) is 11.7. The number of carbonyl (C=O) groups excluding carboxylic acids is 2. The van der Waals surface area contributed by atoms with Gasteiger partial charge in [0.2, 0.25) is 5.91 Å². The molecule has 3 rings (SSSR count). The van der Waals surface area contributed by atoms with Crippen molar-refractivity contribution in [2.75, 3.05) is 18.5 Å². The van der Waals surface area contributed by atoms with Crippen LogP contribution in [0, 0.1) is 0 Å². The molecule has 30 heavy (non-hydrogen) atoms. The Labute approximate surface area is 184 Å². The lowest BCUT2D eigenvalue weighted by molar-refractivity contribution is -0.127. The summed E-state index contributed by atoms with van der Waals surface area (Å²) in [6.45, 7) is 1.30. The molecule has 0 radical (unpaired) electrons. The minimum atomic E-state index is -0.756. The number of alkyl carbamates (subject to hydrolysis) is 1. The molecule has 0 bridgehead atoms. The summed E-state index contributed by atoms with van der Waals surface area (Å²) < 4.78 is 10.9. The van der Waals surface area contributed by atoms with E-state index >= 15 is 0 Å². The molecule has 1 aliphatic rings. The highest BCUT2D eigenvalue weighted by Crippen LogP contribution is 2.09. The van der Waals surface area contributed by atoms with Gasteiger partial charge >= 0.3 is 6.09 Å². The number of halogens is 1. The molecule has 0 unspecified atom stereocenters. The van der Waals surface area contributed by atoms with E-state index in [1.54, 1.807) is 0 Å². The number of carbonyl (C=O) groups is 2. The van der Waals surface area contributed by atoms with Gasteiger partial charge in [-0.3, -0.25) is 10.1 Å². The molecule has 1 heterocycles. The number of amides is 2. The van der Waals surface area contributed by atoms with Gasteiger partial charge in [0.25, 0.3) is 0 Å². The Morgan fingerprint density at radius 3 is 2.33 bits per heavy atom. The highest BCUT2D eigenvalue weighted by atomic mass is 79.9. The van der Waals surface area contributed by atoms with Crippen molar-refractivity contribution in [1.82, 2.24) is 16.0 Å². The van der Waals surface area contributed by atoms with Crippen LogP contribution in [0.1, 0.15) is 11.1 Å². The Kier molecular flexibility index (Phi) is 8.67. The summed E-state index contributed by atoms with van der Waals surface area (Å²) in [7, 11) is 0. The molecule has 1 fully saturated rings. The predicted molar refractivity (Wildman–Crippen MR) is 117 cm³/mol. The summed E-state index contributed by atoms with van der Waals surface area (Å²) in [5, 5.41) is 9.52. The number of ether oxygens (including phenoxy) is 2. The van der Waals surface area contributed by atoms with Crippen LogP contribution in [0.25, 0.3) is 0 Å². The molecule has 7 nitrogen and oxygen atoms in total.